The second-order valence-electron chi connectivity index (χ2n) is 6.99. The highest BCUT2D eigenvalue weighted by Gasteiger charge is 2.51. The topological polar surface area (TPSA) is 105 Å². The fourth-order valence-electron chi connectivity index (χ4n) is 3.42. The van der Waals surface area contributed by atoms with Gasteiger partial charge >= 0.3 is 6.03 Å². The van der Waals surface area contributed by atoms with Crippen molar-refractivity contribution in [3.05, 3.63) is 59.7 Å². The Morgan fingerprint density at radius 2 is 1.70 bits per heavy atom. The Bertz CT molecular complexity index is 985. The maximum absolute atomic E-state index is 13.1. The number of ketones is 1. The van der Waals surface area contributed by atoms with E-state index < -0.39 is 29.9 Å². The van der Waals surface area contributed by atoms with Crippen molar-refractivity contribution in [3.8, 4) is 5.75 Å². The van der Waals surface area contributed by atoms with Crippen molar-refractivity contribution in [2.75, 3.05) is 19.0 Å². The number of benzene rings is 2. The van der Waals surface area contributed by atoms with E-state index in [1.165, 1.54) is 6.92 Å². The Kier molecular flexibility index (Phi) is 5.86. The molecule has 0 spiro atoms. The monoisotopic (exact) mass is 409 g/mol. The molecule has 1 heterocycles. The second-order valence-corrected chi connectivity index (χ2v) is 6.99. The van der Waals surface area contributed by atoms with Crippen molar-refractivity contribution in [1.82, 2.24) is 10.2 Å². The summed E-state index contributed by atoms with van der Waals surface area (Å²) >= 11 is 0. The van der Waals surface area contributed by atoms with Gasteiger partial charge in [-0.3, -0.25) is 19.3 Å². The first-order chi connectivity index (χ1) is 14.3. The van der Waals surface area contributed by atoms with Gasteiger partial charge in [0.15, 0.2) is 5.78 Å². The maximum Gasteiger partial charge on any atom is 0.325 e. The maximum atomic E-state index is 13.1. The number of carbonyl (C=O) groups is 4. The van der Waals surface area contributed by atoms with Crippen molar-refractivity contribution in [3.63, 3.8) is 0 Å². The second kappa shape index (κ2) is 8.36. The Balaban J connectivity index is 1.74. The van der Waals surface area contributed by atoms with Crippen molar-refractivity contribution in [1.29, 1.82) is 0 Å². The van der Waals surface area contributed by atoms with Gasteiger partial charge in [-0.15, -0.1) is 0 Å². The SMILES string of the molecule is CC[C@@]1(c2ccc(OC)cc2)NC(=O)N(CC(=O)Nc2ccc(C(C)=O)cc2)C1=O. The van der Waals surface area contributed by atoms with Crippen LogP contribution in [0.4, 0.5) is 10.5 Å². The number of ether oxygens (including phenoxy) is 1. The van der Waals surface area contributed by atoms with Crippen molar-refractivity contribution >= 4 is 29.3 Å². The summed E-state index contributed by atoms with van der Waals surface area (Å²) < 4.78 is 5.14. The quantitative estimate of drug-likeness (QED) is 0.540. The van der Waals surface area contributed by atoms with Crippen LogP contribution in [0.3, 0.4) is 0 Å². The summed E-state index contributed by atoms with van der Waals surface area (Å²) in [7, 11) is 1.54. The van der Waals surface area contributed by atoms with E-state index in [1.807, 2.05) is 0 Å². The molecule has 2 aromatic carbocycles. The largest absolute Gasteiger partial charge is 0.497 e. The van der Waals surface area contributed by atoms with Crippen LogP contribution in [0.25, 0.3) is 0 Å². The lowest BCUT2D eigenvalue weighted by Gasteiger charge is -2.26. The molecule has 2 aromatic rings. The Morgan fingerprint density at radius 1 is 1.07 bits per heavy atom. The first-order valence-electron chi connectivity index (χ1n) is 9.50. The molecule has 156 valence electrons. The Morgan fingerprint density at radius 3 is 2.23 bits per heavy atom. The minimum absolute atomic E-state index is 0.0818. The van der Waals surface area contributed by atoms with Crippen LogP contribution in [0.1, 0.15) is 36.2 Å². The summed E-state index contributed by atoms with van der Waals surface area (Å²) in [5.41, 5.74) is 0.377. The molecule has 1 atom stereocenters. The molecule has 1 fully saturated rings. The number of anilines is 1. The Hall–Kier alpha value is -3.68. The van der Waals surface area contributed by atoms with Gasteiger partial charge in [0.2, 0.25) is 5.91 Å². The molecule has 0 aromatic heterocycles. The number of Topliss-reactive ketones (excluding diaryl/α,β-unsaturated/α-hetero) is 1. The molecular weight excluding hydrogens is 386 g/mol. The minimum atomic E-state index is -1.23. The third-order valence-electron chi connectivity index (χ3n) is 5.17. The summed E-state index contributed by atoms with van der Waals surface area (Å²) in [4.78, 5) is 50.3. The number of methoxy groups -OCH3 is 1. The first-order valence-corrected chi connectivity index (χ1v) is 9.50. The van der Waals surface area contributed by atoms with Crippen molar-refractivity contribution in [2.45, 2.75) is 25.8 Å². The van der Waals surface area contributed by atoms with Crippen LogP contribution in [0.5, 0.6) is 5.75 Å². The lowest BCUT2D eigenvalue weighted by Crippen LogP contribution is -2.44. The predicted molar refractivity (Wildman–Crippen MR) is 110 cm³/mol. The molecule has 0 saturated carbocycles. The number of hydrogen-bond donors (Lipinski definition) is 2. The van der Waals surface area contributed by atoms with E-state index in [4.69, 9.17) is 4.74 Å². The zero-order chi connectivity index (χ0) is 21.9. The smallest absolute Gasteiger partial charge is 0.325 e. The third kappa shape index (κ3) is 3.89. The average Bonchev–Trinajstić information content (AvgIpc) is 2.99. The van der Waals surface area contributed by atoms with Crippen LogP contribution in [0, 0.1) is 0 Å². The van der Waals surface area contributed by atoms with E-state index in [0.29, 0.717) is 29.0 Å². The van der Waals surface area contributed by atoms with Crippen LogP contribution in [0.2, 0.25) is 0 Å². The van der Waals surface area contributed by atoms with E-state index >= 15 is 0 Å². The standard InChI is InChI=1S/C22H23N3O5/c1-4-22(16-7-11-18(30-3)12-8-16)20(28)25(21(29)24-22)13-19(27)23-17-9-5-15(6-10-17)14(2)26/h5-12H,4,13H2,1-3H3,(H,23,27)(H,24,29)/t22-/m0/s1. The molecular formula is C22H23N3O5. The molecule has 30 heavy (non-hydrogen) atoms. The molecule has 1 aliphatic rings. The van der Waals surface area contributed by atoms with Gasteiger partial charge in [-0.25, -0.2) is 4.79 Å². The molecule has 0 bridgehead atoms. The first kappa shape index (κ1) is 21.0. The van der Waals surface area contributed by atoms with Gasteiger partial charge in [0.05, 0.1) is 7.11 Å². The number of rotatable bonds is 7. The molecule has 0 radical (unpaired) electrons. The number of nitrogens with zero attached hydrogens (tertiary/aromatic N) is 1. The van der Waals surface area contributed by atoms with Crippen molar-refractivity contribution < 1.29 is 23.9 Å². The van der Waals surface area contributed by atoms with E-state index in [-0.39, 0.29) is 5.78 Å². The lowest BCUT2D eigenvalue weighted by molar-refractivity contribution is -0.134. The molecule has 1 aliphatic heterocycles. The van der Waals surface area contributed by atoms with Gasteiger partial charge < -0.3 is 15.4 Å². The van der Waals surface area contributed by atoms with Gasteiger partial charge in [-0.2, -0.15) is 0 Å². The van der Waals surface area contributed by atoms with Crippen LogP contribution in [-0.4, -0.2) is 42.2 Å². The van der Waals surface area contributed by atoms with E-state index in [1.54, 1.807) is 62.6 Å². The summed E-state index contributed by atoms with van der Waals surface area (Å²) in [5.74, 6) is -0.451. The van der Waals surface area contributed by atoms with Gasteiger partial charge in [-0.05, 0) is 55.3 Å². The number of nitrogens with one attached hydrogen (secondary N) is 2. The van der Waals surface area contributed by atoms with Gasteiger partial charge in [0.1, 0.15) is 17.8 Å². The van der Waals surface area contributed by atoms with Crippen molar-refractivity contribution in [2.24, 2.45) is 0 Å². The third-order valence-corrected chi connectivity index (χ3v) is 5.17. The predicted octanol–water partition coefficient (Wildman–Crippen LogP) is 2.69. The zero-order valence-corrected chi connectivity index (χ0v) is 17.0. The minimum Gasteiger partial charge on any atom is -0.497 e. The Labute approximate surface area is 174 Å². The molecule has 8 heteroatoms. The number of carbonyl (C=O) groups excluding carboxylic acids is 4. The summed E-state index contributed by atoms with van der Waals surface area (Å²) in [6, 6.07) is 12.6. The fraction of sp³-hybridized carbons (Fsp3) is 0.273. The molecule has 8 nitrogen and oxygen atoms in total. The summed E-state index contributed by atoms with van der Waals surface area (Å²) in [6.07, 6.45) is 0.328. The average molecular weight is 409 g/mol. The molecule has 1 saturated heterocycles. The zero-order valence-electron chi connectivity index (χ0n) is 17.0. The lowest BCUT2D eigenvalue weighted by atomic mass is 9.87. The van der Waals surface area contributed by atoms with Crippen LogP contribution >= 0.6 is 0 Å². The number of hydrogen-bond acceptors (Lipinski definition) is 5. The van der Waals surface area contributed by atoms with Crippen LogP contribution < -0.4 is 15.4 Å². The fourth-order valence-corrected chi connectivity index (χ4v) is 3.42. The molecule has 2 N–H and O–H groups in total. The van der Waals surface area contributed by atoms with E-state index in [0.717, 1.165) is 4.90 Å². The normalized spacial score (nSPS) is 18.2. The molecule has 4 amide bonds. The molecule has 0 unspecified atom stereocenters. The van der Waals surface area contributed by atoms with Gasteiger partial charge in [0, 0.05) is 11.3 Å². The van der Waals surface area contributed by atoms with E-state index in [9.17, 15) is 19.2 Å². The van der Waals surface area contributed by atoms with E-state index in [2.05, 4.69) is 10.6 Å². The highest BCUT2D eigenvalue weighted by atomic mass is 16.5. The summed E-state index contributed by atoms with van der Waals surface area (Å²) in [5, 5.41) is 5.37. The number of imide groups is 1. The number of urea groups is 1. The highest BCUT2D eigenvalue weighted by molar-refractivity contribution is 6.10. The van der Waals surface area contributed by atoms with Gasteiger partial charge in [0.25, 0.3) is 5.91 Å². The highest BCUT2D eigenvalue weighted by Crippen LogP contribution is 2.33. The molecule has 3 rings (SSSR count). The molecule has 0 aliphatic carbocycles. The number of amides is 4. The van der Waals surface area contributed by atoms with Crippen LogP contribution in [-0.2, 0) is 15.1 Å². The van der Waals surface area contributed by atoms with Crippen LogP contribution in [0.15, 0.2) is 48.5 Å². The van der Waals surface area contributed by atoms with Gasteiger partial charge in [-0.1, -0.05) is 19.1 Å². The summed E-state index contributed by atoms with van der Waals surface area (Å²) in [6.45, 7) is 2.83.